The summed E-state index contributed by atoms with van der Waals surface area (Å²) in [4.78, 5) is 22.1. The average Bonchev–Trinajstić information content (AvgIpc) is 3.14. The van der Waals surface area contributed by atoms with Gasteiger partial charge in [0.05, 0.1) is 17.5 Å². The third-order valence-corrected chi connectivity index (χ3v) is 7.32. The van der Waals surface area contributed by atoms with E-state index in [1.54, 1.807) is 0 Å². The van der Waals surface area contributed by atoms with Gasteiger partial charge in [-0.05, 0) is 57.3 Å². The van der Waals surface area contributed by atoms with E-state index >= 15 is 0 Å². The van der Waals surface area contributed by atoms with Crippen molar-refractivity contribution in [1.29, 1.82) is 0 Å². The van der Waals surface area contributed by atoms with Gasteiger partial charge in [0, 0.05) is 36.8 Å². The Morgan fingerprint density at radius 2 is 1.87 bits per heavy atom. The fraction of sp³-hybridized carbons (Fsp3) is 0.583. The molecule has 0 aliphatic heterocycles. The SMILES string of the molecule is CN(C)Cc1cc(OC2CCC(N(C)c3cc(C(C)(C)C)sc3C(=O)O)CC2)ccn1. The number of nitrogens with zero attached hydrogens (tertiary/aromatic N) is 3. The molecule has 2 heterocycles. The van der Waals surface area contributed by atoms with Crippen molar-refractivity contribution in [1.82, 2.24) is 9.88 Å². The van der Waals surface area contributed by atoms with Gasteiger partial charge >= 0.3 is 5.97 Å². The molecule has 1 aliphatic carbocycles. The number of pyridine rings is 1. The summed E-state index contributed by atoms with van der Waals surface area (Å²) >= 11 is 1.40. The van der Waals surface area contributed by atoms with Crippen LogP contribution in [0.5, 0.6) is 5.75 Å². The Balaban J connectivity index is 1.63. The molecule has 31 heavy (non-hydrogen) atoms. The predicted molar refractivity (Wildman–Crippen MR) is 127 cm³/mol. The number of hydrogen-bond donors (Lipinski definition) is 1. The zero-order chi connectivity index (χ0) is 22.8. The number of carboxylic acids is 1. The van der Waals surface area contributed by atoms with Crippen LogP contribution in [0.15, 0.2) is 24.4 Å². The van der Waals surface area contributed by atoms with E-state index in [9.17, 15) is 9.90 Å². The molecule has 2 aromatic rings. The first kappa shape index (κ1) is 23.5. The first-order valence-electron chi connectivity index (χ1n) is 10.9. The summed E-state index contributed by atoms with van der Waals surface area (Å²) < 4.78 is 6.25. The second-order valence-corrected chi connectivity index (χ2v) is 10.8. The molecular formula is C24H35N3O3S. The van der Waals surface area contributed by atoms with Gasteiger partial charge in [0.15, 0.2) is 0 Å². The Kier molecular flexibility index (Phi) is 7.27. The zero-order valence-corrected chi connectivity index (χ0v) is 20.3. The minimum absolute atomic E-state index is 0.0601. The van der Waals surface area contributed by atoms with Gasteiger partial charge in [0.2, 0.25) is 0 Å². The van der Waals surface area contributed by atoms with Crippen LogP contribution in [0.1, 0.15) is 66.7 Å². The summed E-state index contributed by atoms with van der Waals surface area (Å²) in [7, 11) is 6.09. The number of rotatable bonds is 7. The monoisotopic (exact) mass is 445 g/mol. The summed E-state index contributed by atoms with van der Waals surface area (Å²) in [5.74, 6) is 0.0371. The summed E-state index contributed by atoms with van der Waals surface area (Å²) in [6.07, 6.45) is 5.88. The third kappa shape index (κ3) is 5.98. The summed E-state index contributed by atoms with van der Waals surface area (Å²) in [5.41, 5.74) is 1.79. The van der Waals surface area contributed by atoms with Gasteiger partial charge in [-0.3, -0.25) is 4.98 Å². The topological polar surface area (TPSA) is 65.9 Å². The molecule has 7 heteroatoms. The fourth-order valence-electron chi connectivity index (χ4n) is 4.05. The molecule has 1 N–H and O–H groups in total. The zero-order valence-electron chi connectivity index (χ0n) is 19.5. The minimum Gasteiger partial charge on any atom is -0.490 e. The van der Waals surface area contributed by atoms with E-state index in [0.29, 0.717) is 10.9 Å². The summed E-state index contributed by atoms with van der Waals surface area (Å²) in [6, 6.07) is 6.34. The lowest BCUT2D eigenvalue weighted by molar-refractivity contribution is 0.0702. The van der Waals surface area contributed by atoms with E-state index in [1.165, 1.54) is 11.3 Å². The van der Waals surface area contributed by atoms with Crippen molar-refractivity contribution in [3.05, 3.63) is 39.8 Å². The van der Waals surface area contributed by atoms with Crippen LogP contribution < -0.4 is 9.64 Å². The van der Waals surface area contributed by atoms with Crippen molar-refractivity contribution < 1.29 is 14.6 Å². The fourth-order valence-corrected chi connectivity index (χ4v) is 5.14. The lowest BCUT2D eigenvalue weighted by Gasteiger charge is -2.36. The largest absolute Gasteiger partial charge is 0.490 e. The number of hydrogen-bond acceptors (Lipinski definition) is 6. The van der Waals surface area contributed by atoms with E-state index in [2.05, 4.69) is 41.6 Å². The first-order chi connectivity index (χ1) is 14.5. The standard InChI is InChI=1S/C24H35N3O3S/c1-24(2,3)21-14-20(22(31-21)23(28)29)27(6)17-7-9-18(10-8-17)30-19-11-12-25-16(13-19)15-26(4)5/h11-14,17-18H,7-10,15H2,1-6H3,(H,28,29). The predicted octanol–water partition coefficient (Wildman–Crippen LogP) is 5.03. The van der Waals surface area contributed by atoms with Crippen LogP contribution in [0.3, 0.4) is 0 Å². The van der Waals surface area contributed by atoms with Crippen LogP contribution in [0.4, 0.5) is 5.69 Å². The van der Waals surface area contributed by atoms with Gasteiger partial charge in [-0.25, -0.2) is 4.79 Å². The van der Waals surface area contributed by atoms with Crippen molar-refractivity contribution >= 4 is 23.0 Å². The van der Waals surface area contributed by atoms with E-state index in [1.807, 2.05) is 39.5 Å². The number of thiophene rings is 1. The van der Waals surface area contributed by atoms with Gasteiger partial charge in [-0.1, -0.05) is 20.8 Å². The van der Waals surface area contributed by atoms with Crippen molar-refractivity contribution in [2.75, 3.05) is 26.0 Å². The Morgan fingerprint density at radius 1 is 1.19 bits per heavy atom. The molecule has 170 valence electrons. The molecule has 0 spiro atoms. The Morgan fingerprint density at radius 3 is 2.45 bits per heavy atom. The maximum atomic E-state index is 11.9. The van der Waals surface area contributed by atoms with E-state index in [-0.39, 0.29) is 11.5 Å². The molecule has 1 fully saturated rings. The summed E-state index contributed by atoms with van der Waals surface area (Å²) in [6.45, 7) is 7.16. The van der Waals surface area contributed by atoms with E-state index in [4.69, 9.17) is 4.74 Å². The second kappa shape index (κ2) is 9.57. The van der Waals surface area contributed by atoms with E-state index < -0.39 is 5.97 Å². The van der Waals surface area contributed by atoms with Crippen LogP contribution in [0, 0.1) is 0 Å². The van der Waals surface area contributed by atoms with Gasteiger partial charge in [0.25, 0.3) is 0 Å². The molecule has 2 aromatic heterocycles. The highest BCUT2D eigenvalue weighted by Gasteiger charge is 2.30. The Hall–Kier alpha value is -2.12. The van der Waals surface area contributed by atoms with Crippen molar-refractivity contribution in [2.45, 2.75) is 70.6 Å². The number of aromatic carboxylic acids is 1. The number of aromatic nitrogens is 1. The number of ether oxygens (including phenoxy) is 1. The number of carboxylic acid groups (broad SMARTS) is 1. The molecule has 0 bridgehead atoms. The number of carbonyl (C=O) groups is 1. The van der Waals surface area contributed by atoms with Crippen LogP contribution in [-0.2, 0) is 12.0 Å². The van der Waals surface area contributed by atoms with Crippen LogP contribution in [0.25, 0.3) is 0 Å². The third-order valence-electron chi connectivity index (χ3n) is 5.79. The smallest absolute Gasteiger partial charge is 0.348 e. The van der Waals surface area contributed by atoms with Crippen LogP contribution in [-0.4, -0.2) is 54.2 Å². The van der Waals surface area contributed by atoms with Crippen molar-refractivity contribution in [3.8, 4) is 5.75 Å². The lowest BCUT2D eigenvalue weighted by Crippen LogP contribution is -2.38. The molecular weight excluding hydrogens is 410 g/mol. The Bertz CT molecular complexity index is 896. The second-order valence-electron chi connectivity index (χ2n) is 9.76. The van der Waals surface area contributed by atoms with Gasteiger partial charge in [-0.2, -0.15) is 0 Å². The molecule has 6 nitrogen and oxygen atoms in total. The van der Waals surface area contributed by atoms with Gasteiger partial charge in [-0.15, -0.1) is 11.3 Å². The average molecular weight is 446 g/mol. The normalized spacial score (nSPS) is 19.5. The highest BCUT2D eigenvalue weighted by molar-refractivity contribution is 7.14. The van der Waals surface area contributed by atoms with Crippen molar-refractivity contribution in [3.63, 3.8) is 0 Å². The molecule has 0 unspecified atom stereocenters. The van der Waals surface area contributed by atoms with Crippen LogP contribution >= 0.6 is 11.3 Å². The van der Waals surface area contributed by atoms with E-state index in [0.717, 1.165) is 54.2 Å². The molecule has 0 radical (unpaired) electrons. The molecule has 0 aromatic carbocycles. The molecule has 1 saturated carbocycles. The molecule has 0 saturated heterocycles. The summed E-state index contributed by atoms with van der Waals surface area (Å²) in [5, 5.41) is 9.73. The minimum atomic E-state index is -0.842. The quantitative estimate of drug-likeness (QED) is 0.645. The molecule has 0 amide bonds. The van der Waals surface area contributed by atoms with Crippen LogP contribution in [0.2, 0.25) is 0 Å². The first-order valence-corrected chi connectivity index (χ1v) is 11.7. The Labute approximate surface area is 189 Å². The number of anilines is 1. The maximum Gasteiger partial charge on any atom is 0.348 e. The molecule has 1 aliphatic rings. The maximum absolute atomic E-state index is 11.9. The van der Waals surface area contributed by atoms with Gasteiger partial charge in [0.1, 0.15) is 10.6 Å². The highest BCUT2D eigenvalue weighted by Crippen LogP contribution is 2.39. The van der Waals surface area contributed by atoms with Gasteiger partial charge < -0.3 is 19.6 Å². The lowest BCUT2D eigenvalue weighted by atomic mass is 9.91. The van der Waals surface area contributed by atoms with Crippen molar-refractivity contribution in [2.24, 2.45) is 0 Å². The molecule has 3 rings (SSSR count). The molecule has 0 atom stereocenters. The highest BCUT2D eigenvalue weighted by atomic mass is 32.1.